The standard InChI is InChI=1S/C12H12N2O2S/c1-13-5-6-14(12(13)16)9-11-10(3-2-7-15)4-8-17-11/h4-6,8,15H,7,9H2,1H3. The van der Waals surface area contributed by atoms with Gasteiger partial charge in [0.25, 0.3) is 0 Å². The zero-order valence-electron chi connectivity index (χ0n) is 9.38. The Morgan fingerprint density at radius 1 is 1.47 bits per heavy atom. The fourth-order valence-corrected chi connectivity index (χ4v) is 2.32. The van der Waals surface area contributed by atoms with Gasteiger partial charge in [-0.15, -0.1) is 11.3 Å². The number of aliphatic hydroxyl groups is 1. The monoisotopic (exact) mass is 248 g/mol. The molecule has 0 aliphatic carbocycles. The van der Waals surface area contributed by atoms with E-state index in [0.29, 0.717) is 6.54 Å². The Kier molecular flexibility index (Phi) is 3.47. The summed E-state index contributed by atoms with van der Waals surface area (Å²) in [4.78, 5) is 12.7. The van der Waals surface area contributed by atoms with Crippen LogP contribution >= 0.6 is 11.3 Å². The third-order valence-corrected chi connectivity index (χ3v) is 3.28. The molecule has 0 saturated heterocycles. The minimum absolute atomic E-state index is 0.0422. The maximum atomic E-state index is 11.7. The Hall–Kier alpha value is -1.77. The van der Waals surface area contributed by atoms with Gasteiger partial charge in [0.2, 0.25) is 0 Å². The molecular weight excluding hydrogens is 236 g/mol. The van der Waals surface area contributed by atoms with E-state index < -0.39 is 0 Å². The van der Waals surface area contributed by atoms with Crippen LogP contribution in [-0.4, -0.2) is 20.8 Å². The smallest absolute Gasteiger partial charge is 0.328 e. The highest BCUT2D eigenvalue weighted by Crippen LogP contribution is 2.16. The number of aryl methyl sites for hydroxylation is 1. The molecule has 0 aromatic carbocycles. The summed E-state index contributed by atoms with van der Waals surface area (Å²) in [5.74, 6) is 5.49. The highest BCUT2D eigenvalue weighted by atomic mass is 32.1. The summed E-state index contributed by atoms with van der Waals surface area (Å²) in [5.41, 5.74) is 0.833. The number of hydrogen-bond donors (Lipinski definition) is 1. The third kappa shape index (κ3) is 2.49. The average Bonchev–Trinajstić information content (AvgIpc) is 2.89. The van der Waals surface area contributed by atoms with Gasteiger partial charge in [0, 0.05) is 29.9 Å². The minimum atomic E-state index is -0.152. The van der Waals surface area contributed by atoms with E-state index in [0.717, 1.165) is 10.4 Å². The number of nitrogens with zero attached hydrogens (tertiary/aromatic N) is 2. The van der Waals surface area contributed by atoms with E-state index in [2.05, 4.69) is 11.8 Å². The first-order valence-corrected chi connectivity index (χ1v) is 5.98. The molecule has 2 rings (SSSR count). The lowest BCUT2D eigenvalue weighted by atomic mass is 10.2. The van der Waals surface area contributed by atoms with Gasteiger partial charge in [-0.2, -0.15) is 0 Å². The molecule has 0 saturated carbocycles. The third-order valence-electron chi connectivity index (χ3n) is 2.38. The predicted molar refractivity (Wildman–Crippen MR) is 67.1 cm³/mol. The van der Waals surface area contributed by atoms with Crippen LogP contribution in [-0.2, 0) is 13.6 Å². The average molecular weight is 248 g/mol. The molecule has 0 bridgehead atoms. The molecular formula is C12H12N2O2S. The van der Waals surface area contributed by atoms with Gasteiger partial charge >= 0.3 is 5.69 Å². The zero-order chi connectivity index (χ0) is 12.3. The number of aliphatic hydroxyl groups excluding tert-OH is 1. The lowest BCUT2D eigenvalue weighted by molar-refractivity contribution is 0.350. The summed E-state index contributed by atoms with van der Waals surface area (Å²) >= 11 is 1.56. The molecule has 0 amide bonds. The van der Waals surface area contributed by atoms with Gasteiger partial charge in [0.05, 0.1) is 6.54 Å². The van der Waals surface area contributed by atoms with Gasteiger partial charge in [-0.3, -0.25) is 4.57 Å². The SMILES string of the molecule is Cn1ccn(Cc2sccc2C#CCO)c1=O. The largest absolute Gasteiger partial charge is 0.384 e. The van der Waals surface area contributed by atoms with Crippen molar-refractivity contribution in [1.29, 1.82) is 0 Å². The van der Waals surface area contributed by atoms with Crippen molar-refractivity contribution < 1.29 is 5.11 Å². The molecule has 0 aliphatic heterocycles. The van der Waals surface area contributed by atoms with Crippen LogP contribution < -0.4 is 5.69 Å². The predicted octanol–water partition coefficient (Wildman–Crippen LogP) is 0.640. The van der Waals surface area contributed by atoms with Crippen molar-refractivity contribution in [3.63, 3.8) is 0 Å². The molecule has 2 heterocycles. The Balaban J connectivity index is 2.28. The van der Waals surface area contributed by atoms with Gasteiger partial charge in [-0.1, -0.05) is 11.8 Å². The summed E-state index contributed by atoms with van der Waals surface area (Å²) < 4.78 is 3.17. The summed E-state index contributed by atoms with van der Waals surface area (Å²) in [7, 11) is 1.72. The van der Waals surface area contributed by atoms with Crippen molar-refractivity contribution in [3.05, 3.63) is 44.8 Å². The van der Waals surface area contributed by atoms with Crippen LogP contribution in [0.2, 0.25) is 0 Å². The topological polar surface area (TPSA) is 47.2 Å². The van der Waals surface area contributed by atoms with Gasteiger partial charge in [0.15, 0.2) is 0 Å². The quantitative estimate of drug-likeness (QED) is 0.793. The second-order valence-corrected chi connectivity index (χ2v) is 4.54. The van der Waals surface area contributed by atoms with Crippen LogP contribution in [0.25, 0.3) is 0 Å². The first kappa shape index (κ1) is 11.7. The van der Waals surface area contributed by atoms with Crippen LogP contribution in [0.3, 0.4) is 0 Å². The van der Waals surface area contributed by atoms with Gasteiger partial charge < -0.3 is 9.67 Å². The Bertz CT molecular complexity index is 625. The Labute approximate surface area is 103 Å². The van der Waals surface area contributed by atoms with Gasteiger partial charge in [-0.25, -0.2) is 4.79 Å². The summed E-state index contributed by atoms with van der Waals surface area (Å²) in [6.45, 7) is 0.368. The molecule has 5 heteroatoms. The second-order valence-electron chi connectivity index (χ2n) is 3.54. The van der Waals surface area contributed by atoms with E-state index in [-0.39, 0.29) is 12.3 Å². The number of thiophene rings is 1. The van der Waals surface area contributed by atoms with Crippen molar-refractivity contribution in [2.75, 3.05) is 6.61 Å². The Morgan fingerprint density at radius 3 is 2.94 bits per heavy atom. The van der Waals surface area contributed by atoms with Crippen LogP contribution in [0.5, 0.6) is 0 Å². The first-order chi connectivity index (χ1) is 8.22. The maximum absolute atomic E-state index is 11.7. The molecule has 0 fully saturated rings. The minimum Gasteiger partial charge on any atom is -0.384 e. The molecule has 0 radical (unpaired) electrons. The zero-order valence-corrected chi connectivity index (χ0v) is 10.2. The molecule has 0 aliphatic rings. The molecule has 4 nitrogen and oxygen atoms in total. The van der Waals surface area contributed by atoms with Crippen molar-refractivity contribution in [2.45, 2.75) is 6.54 Å². The number of hydrogen-bond acceptors (Lipinski definition) is 3. The number of imidazole rings is 1. The number of rotatable bonds is 2. The lowest BCUT2D eigenvalue weighted by Crippen LogP contribution is -2.22. The van der Waals surface area contributed by atoms with E-state index in [1.54, 1.807) is 35.3 Å². The fourth-order valence-electron chi connectivity index (χ4n) is 1.49. The maximum Gasteiger partial charge on any atom is 0.328 e. The molecule has 2 aromatic heterocycles. The molecule has 2 aromatic rings. The molecule has 0 atom stereocenters. The van der Waals surface area contributed by atoms with Crippen molar-refractivity contribution in [2.24, 2.45) is 7.05 Å². The van der Waals surface area contributed by atoms with E-state index in [1.807, 2.05) is 11.4 Å². The highest BCUT2D eigenvalue weighted by Gasteiger charge is 2.05. The van der Waals surface area contributed by atoms with E-state index in [4.69, 9.17) is 5.11 Å². The van der Waals surface area contributed by atoms with Crippen molar-refractivity contribution in [3.8, 4) is 11.8 Å². The molecule has 0 spiro atoms. The van der Waals surface area contributed by atoms with Crippen LogP contribution in [0.4, 0.5) is 0 Å². The van der Waals surface area contributed by atoms with Crippen LogP contribution in [0, 0.1) is 11.8 Å². The van der Waals surface area contributed by atoms with Gasteiger partial charge in [-0.05, 0) is 11.4 Å². The highest BCUT2D eigenvalue weighted by molar-refractivity contribution is 7.10. The van der Waals surface area contributed by atoms with E-state index in [9.17, 15) is 4.79 Å². The Morgan fingerprint density at radius 2 is 2.29 bits per heavy atom. The molecule has 1 N–H and O–H groups in total. The molecule has 0 unspecified atom stereocenters. The lowest BCUT2D eigenvalue weighted by Gasteiger charge is -1.99. The van der Waals surface area contributed by atoms with E-state index in [1.165, 1.54) is 4.57 Å². The van der Waals surface area contributed by atoms with E-state index >= 15 is 0 Å². The first-order valence-electron chi connectivity index (χ1n) is 5.10. The summed E-state index contributed by atoms with van der Waals surface area (Å²) in [6.07, 6.45) is 3.49. The number of aromatic nitrogens is 2. The van der Waals surface area contributed by atoms with Crippen molar-refractivity contribution in [1.82, 2.24) is 9.13 Å². The van der Waals surface area contributed by atoms with Gasteiger partial charge in [0.1, 0.15) is 6.61 Å². The summed E-state index contributed by atoms with van der Waals surface area (Å²) in [6, 6.07) is 1.90. The molecule has 17 heavy (non-hydrogen) atoms. The fraction of sp³-hybridized carbons (Fsp3) is 0.250. The second kappa shape index (κ2) is 5.04. The summed E-state index contributed by atoms with van der Waals surface area (Å²) in [5, 5.41) is 10.6. The van der Waals surface area contributed by atoms with Crippen LogP contribution in [0.15, 0.2) is 28.6 Å². The normalized spacial score (nSPS) is 10.0. The van der Waals surface area contributed by atoms with Crippen molar-refractivity contribution >= 4 is 11.3 Å². The van der Waals surface area contributed by atoms with Crippen LogP contribution in [0.1, 0.15) is 10.4 Å². The molecule has 88 valence electrons.